The van der Waals surface area contributed by atoms with Gasteiger partial charge in [-0.05, 0) is 12.1 Å². The van der Waals surface area contributed by atoms with Gasteiger partial charge in [0.15, 0.2) is 0 Å². The molecule has 1 saturated heterocycles. The summed E-state index contributed by atoms with van der Waals surface area (Å²) in [6.45, 7) is 1.44. The molecule has 2 N–H and O–H groups in total. The van der Waals surface area contributed by atoms with Crippen molar-refractivity contribution >= 4 is 11.8 Å². The van der Waals surface area contributed by atoms with E-state index in [1.54, 1.807) is 23.6 Å². The van der Waals surface area contributed by atoms with E-state index in [0.29, 0.717) is 26.1 Å². The van der Waals surface area contributed by atoms with Crippen molar-refractivity contribution in [1.29, 1.82) is 0 Å². The summed E-state index contributed by atoms with van der Waals surface area (Å²) in [5.41, 5.74) is 1.81. The number of nitrogens with one attached hydrogen (secondary N) is 2. The van der Waals surface area contributed by atoms with Gasteiger partial charge in [0.1, 0.15) is 0 Å². The zero-order valence-electron chi connectivity index (χ0n) is 12.7. The van der Waals surface area contributed by atoms with E-state index in [9.17, 15) is 9.59 Å². The van der Waals surface area contributed by atoms with Crippen molar-refractivity contribution in [2.75, 3.05) is 13.1 Å². The maximum atomic E-state index is 12.2. The summed E-state index contributed by atoms with van der Waals surface area (Å²) in [4.78, 5) is 37.1. The van der Waals surface area contributed by atoms with Crippen LogP contribution < -0.4 is 5.32 Å². The number of amides is 2. The third kappa shape index (κ3) is 3.94. The number of hydrogen-bond acceptors (Lipinski definition) is 4. The van der Waals surface area contributed by atoms with Gasteiger partial charge < -0.3 is 15.2 Å². The smallest absolute Gasteiger partial charge is 0.225 e. The van der Waals surface area contributed by atoms with E-state index in [-0.39, 0.29) is 24.2 Å². The second kappa shape index (κ2) is 7.04. The molecule has 3 heterocycles. The Kier molecular flexibility index (Phi) is 4.65. The molecule has 1 atom stereocenters. The van der Waals surface area contributed by atoms with Crippen LogP contribution in [-0.4, -0.2) is 44.8 Å². The summed E-state index contributed by atoms with van der Waals surface area (Å²) in [7, 11) is 0. The number of nitrogens with zero attached hydrogens (tertiary/aromatic N) is 3. The van der Waals surface area contributed by atoms with Gasteiger partial charge in [-0.25, -0.2) is 4.98 Å². The fourth-order valence-corrected chi connectivity index (χ4v) is 2.67. The predicted molar refractivity (Wildman–Crippen MR) is 83.1 cm³/mol. The average Bonchev–Trinajstić information content (AvgIpc) is 3.19. The fraction of sp³-hybridized carbons (Fsp3) is 0.375. The summed E-state index contributed by atoms with van der Waals surface area (Å²) in [6.07, 6.45) is 6.02. The minimum atomic E-state index is -0.284. The summed E-state index contributed by atoms with van der Waals surface area (Å²) in [5.74, 6) is -0.348. The van der Waals surface area contributed by atoms with E-state index in [0.717, 1.165) is 11.4 Å². The van der Waals surface area contributed by atoms with Gasteiger partial charge in [-0.1, -0.05) is 6.07 Å². The van der Waals surface area contributed by atoms with Crippen LogP contribution >= 0.6 is 0 Å². The number of rotatable bonds is 6. The third-order valence-electron chi connectivity index (χ3n) is 3.91. The lowest BCUT2D eigenvalue weighted by molar-refractivity contribution is -0.129. The van der Waals surface area contributed by atoms with Crippen molar-refractivity contribution in [2.45, 2.75) is 19.4 Å². The third-order valence-corrected chi connectivity index (χ3v) is 3.91. The molecule has 3 rings (SSSR count). The van der Waals surface area contributed by atoms with Crippen molar-refractivity contribution < 1.29 is 9.59 Å². The highest BCUT2D eigenvalue weighted by molar-refractivity contribution is 5.89. The highest BCUT2D eigenvalue weighted by atomic mass is 16.2. The number of carbonyl (C=O) groups excluding carboxylic acids is 2. The SMILES string of the molecule is O=C(NCCc1cnc[nH]1)[C@H]1CC(=O)N(Cc2ccccn2)C1. The summed E-state index contributed by atoms with van der Waals surface area (Å²) in [5, 5.41) is 2.89. The largest absolute Gasteiger partial charge is 0.355 e. The Bertz CT molecular complexity index is 656. The van der Waals surface area contributed by atoms with Crippen molar-refractivity contribution in [1.82, 2.24) is 25.2 Å². The van der Waals surface area contributed by atoms with Crippen LogP contribution in [0.15, 0.2) is 36.9 Å². The van der Waals surface area contributed by atoms with Gasteiger partial charge in [-0.3, -0.25) is 14.6 Å². The molecule has 0 aromatic carbocycles. The number of H-pyrrole nitrogens is 1. The first-order valence-electron chi connectivity index (χ1n) is 7.65. The summed E-state index contributed by atoms with van der Waals surface area (Å²) >= 11 is 0. The molecule has 2 aromatic rings. The first-order valence-corrected chi connectivity index (χ1v) is 7.65. The van der Waals surface area contributed by atoms with Crippen LogP contribution in [0, 0.1) is 5.92 Å². The van der Waals surface area contributed by atoms with Gasteiger partial charge in [0, 0.05) is 44.0 Å². The van der Waals surface area contributed by atoms with Crippen LogP contribution in [0.4, 0.5) is 0 Å². The monoisotopic (exact) mass is 313 g/mol. The van der Waals surface area contributed by atoms with E-state index in [1.165, 1.54) is 0 Å². The van der Waals surface area contributed by atoms with Gasteiger partial charge in [0.05, 0.1) is 24.5 Å². The minimum Gasteiger partial charge on any atom is -0.355 e. The van der Waals surface area contributed by atoms with E-state index in [1.807, 2.05) is 18.2 Å². The van der Waals surface area contributed by atoms with E-state index in [2.05, 4.69) is 20.3 Å². The Morgan fingerprint density at radius 1 is 1.43 bits per heavy atom. The summed E-state index contributed by atoms with van der Waals surface area (Å²) < 4.78 is 0. The van der Waals surface area contributed by atoms with E-state index in [4.69, 9.17) is 0 Å². The Balaban J connectivity index is 1.47. The molecule has 7 heteroatoms. The first-order chi connectivity index (χ1) is 11.2. The van der Waals surface area contributed by atoms with Gasteiger partial charge in [0.2, 0.25) is 11.8 Å². The molecule has 0 aliphatic carbocycles. The molecule has 2 aromatic heterocycles. The standard InChI is InChI=1S/C16H19N5O2/c22-15-7-12(9-21(15)10-14-3-1-2-5-18-14)16(23)19-6-4-13-8-17-11-20-13/h1-3,5,8,11-12H,4,6-7,9-10H2,(H,17,20)(H,19,23)/t12-/m0/s1. The minimum absolute atomic E-state index is 0.00405. The molecular weight excluding hydrogens is 294 g/mol. The van der Waals surface area contributed by atoms with Crippen LogP contribution in [0.3, 0.4) is 0 Å². The van der Waals surface area contributed by atoms with Crippen LogP contribution in [-0.2, 0) is 22.6 Å². The van der Waals surface area contributed by atoms with Gasteiger partial charge >= 0.3 is 0 Å². The normalized spacial score (nSPS) is 17.5. The van der Waals surface area contributed by atoms with Crippen molar-refractivity contribution in [3.63, 3.8) is 0 Å². The maximum Gasteiger partial charge on any atom is 0.225 e. The van der Waals surface area contributed by atoms with Gasteiger partial charge in [-0.2, -0.15) is 0 Å². The number of imidazole rings is 1. The molecule has 1 fully saturated rings. The van der Waals surface area contributed by atoms with Crippen LogP contribution in [0.2, 0.25) is 0 Å². The molecule has 1 aliphatic heterocycles. The molecule has 0 bridgehead atoms. The highest BCUT2D eigenvalue weighted by Crippen LogP contribution is 2.19. The van der Waals surface area contributed by atoms with Crippen molar-refractivity contribution in [3.8, 4) is 0 Å². The van der Waals surface area contributed by atoms with Crippen molar-refractivity contribution in [3.05, 3.63) is 48.3 Å². The molecule has 0 saturated carbocycles. The van der Waals surface area contributed by atoms with E-state index < -0.39 is 0 Å². The molecule has 0 radical (unpaired) electrons. The zero-order chi connectivity index (χ0) is 16.1. The number of aromatic nitrogens is 3. The topological polar surface area (TPSA) is 91.0 Å². The fourth-order valence-electron chi connectivity index (χ4n) is 2.67. The number of likely N-dealkylation sites (tertiary alicyclic amines) is 1. The quantitative estimate of drug-likeness (QED) is 0.813. The average molecular weight is 313 g/mol. The first kappa shape index (κ1) is 15.2. The lowest BCUT2D eigenvalue weighted by atomic mass is 10.1. The second-order valence-corrected chi connectivity index (χ2v) is 5.61. The molecular formula is C16H19N5O2. The van der Waals surface area contributed by atoms with Crippen molar-refractivity contribution in [2.24, 2.45) is 5.92 Å². The zero-order valence-corrected chi connectivity index (χ0v) is 12.7. The van der Waals surface area contributed by atoms with Gasteiger partial charge in [-0.15, -0.1) is 0 Å². The van der Waals surface area contributed by atoms with Crippen LogP contribution in [0.1, 0.15) is 17.8 Å². The predicted octanol–water partition coefficient (Wildman–Crippen LogP) is 0.512. The Morgan fingerprint density at radius 2 is 2.35 bits per heavy atom. The van der Waals surface area contributed by atoms with Gasteiger partial charge in [0.25, 0.3) is 0 Å². The number of aromatic amines is 1. The molecule has 23 heavy (non-hydrogen) atoms. The highest BCUT2D eigenvalue weighted by Gasteiger charge is 2.34. The molecule has 2 amide bonds. The lowest BCUT2D eigenvalue weighted by Gasteiger charge is -2.16. The Labute approximate surface area is 134 Å². The van der Waals surface area contributed by atoms with Crippen LogP contribution in [0.5, 0.6) is 0 Å². The van der Waals surface area contributed by atoms with Crippen LogP contribution in [0.25, 0.3) is 0 Å². The molecule has 120 valence electrons. The number of carbonyl (C=O) groups is 2. The number of hydrogen-bond donors (Lipinski definition) is 2. The summed E-state index contributed by atoms with van der Waals surface area (Å²) in [6, 6.07) is 5.61. The maximum absolute atomic E-state index is 12.2. The van der Waals surface area contributed by atoms with E-state index >= 15 is 0 Å². The second-order valence-electron chi connectivity index (χ2n) is 5.61. The Hall–Kier alpha value is -2.70. The number of pyridine rings is 1. The molecule has 0 spiro atoms. The lowest BCUT2D eigenvalue weighted by Crippen LogP contribution is -2.34. The molecule has 7 nitrogen and oxygen atoms in total. The molecule has 0 unspecified atom stereocenters. The Morgan fingerprint density at radius 3 is 3.09 bits per heavy atom. The molecule has 1 aliphatic rings.